The van der Waals surface area contributed by atoms with Gasteiger partial charge in [-0.05, 0) is 55.0 Å². The van der Waals surface area contributed by atoms with E-state index in [1.807, 2.05) is 18.2 Å². The van der Waals surface area contributed by atoms with Crippen molar-refractivity contribution < 1.29 is 13.2 Å². The minimum absolute atomic E-state index is 0.226. The van der Waals surface area contributed by atoms with Gasteiger partial charge in [-0.25, -0.2) is 0 Å². The number of nitrogens with zero attached hydrogens (tertiary/aromatic N) is 2. The number of anilines is 1. The normalized spacial score (nSPS) is 18.5. The lowest BCUT2D eigenvalue weighted by atomic mass is 9.97. The van der Waals surface area contributed by atoms with Crippen LogP contribution in [0.3, 0.4) is 0 Å². The zero-order chi connectivity index (χ0) is 20.7. The second-order valence-electron chi connectivity index (χ2n) is 8.34. The van der Waals surface area contributed by atoms with Crippen LogP contribution < -0.4 is 4.72 Å². The predicted octanol–water partition coefficient (Wildman–Crippen LogP) is 3.59. The molecule has 1 aliphatic heterocycles. The second-order valence-corrected chi connectivity index (χ2v) is 10.0. The Labute approximate surface area is 177 Å². The zero-order valence-corrected chi connectivity index (χ0v) is 17.6. The quantitative estimate of drug-likeness (QED) is 0.738. The van der Waals surface area contributed by atoms with Gasteiger partial charge in [0.1, 0.15) is 5.78 Å². The van der Waals surface area contributed by atoms with E-state index in [0.717, 1.165) is 60.2 Å². The number of hydrogen-bond acceptors (Lipinski definition) is 4. The van der Waals surface area contributed by atoms with Crippen LogP contribution in [0.4, 0.5) is 5.69 Å². The molecule has 1 aromatic carbocycles. The number of allylic oxidation sites excluding steroid dienone is 1. The van der Waals surface area contributed by atoms with Gasteiger partial charge in [-0.1, -0.05) is 24.3 Å². The molecule has 30 heavy (non-hydrogen) atoms. The smallest absolute Gasteiger partial charge is 0.299 e. The number of aromatic nitrogens is 1. The van der Waals surface area contributed by atoms with E-state index in [0.29, 0.717) is 25.2 Å². The fourth-order valence-electron chi connectivity index (χ4n) is 4.21. The van der Waals surface area contributed by atoms with Crippen LogP contribution in [0.2, 0.25) is 0 Å². The lowest BCUT2D eigenvalue weighted by Gasteiger charge is -2.17. The largest absolute Gasteiger partial charge is 0.301 e. The number of ketones is 1. The summed E-state index contributed by atoms with van der Waals surface area (Å²) in [6.07, 6.45) is 9.17. The summed E-state index contributed by atoms with van der Waals surface area (Å²) in [6, 6.07) is 9.46. The number of hydrogen-bond donors (Lipinski definition) is 1. The Hall–Kier alpha value is -2.51. The van der Waals surface area contributed by atoms with Crippen LogP contribution in [0.1, 0.15) is 42.6 Å². The molecule has 0 spiro atoms. The molecule has 2 fully saturated rings. The molecule has 0 unspecified atom stereocenters. The van der Waals surface area contributed by atoms with Crippen LogP contribution in [0.15, 0.2) is 36.4 Å². The second kappa shape index (κ2) is 7.63. The van der Waals surface area contributed by atoms with E-state index in [1.165, 1.54) is 4.31 Å². The van der Waals surface area contributed by atoms with Gasteiger partial charge in [-0.3, -0.25) is 14.5 Å². The van der Waals surface area contributed by atoms with E-state index in [4.69, 9.17) is 4.98 Å². The highest BCUT2D eigenvalue weighted by Gasteiger charge is 2.30. The van der Waals surface area contributed by atoms with E-state index >= 15 is 0 Å². The van der Waals surface area contributed by atoms with Gasteiger partial charge in [0.05, 0.1) is 5.69 Å². The molecule has 2 heterocycles. The average molecular weight is 424 g/mol. The molecule has 5 rings (SSSR count). The zero-order valence-electron chi connectivity index (χ0n) is 16.8. The molecule has 0 bridgehead atoms. The van der Waals surface area contributed by atoms with E-state index in [2.05, 4.69) is 16.9 Å². The molecular formula is C23H25N3O3S. The van der Waals surface area contributed by atoms with Gasteiger partial charge in [0.25, 0.3) is 0 Å². The summed E-state index contributed by atoms with van der Waals surface area (Å²) in [5.41, 5.74) is 5.50. The first kappa shape index (κ1) is 19.5. The molecule has 0 radical (unpaired) electrons. The molecular weight excluding hydrogens is 398 g/mol. The maximum absolute atomic E-state index is 12.5. The van der Waals surface area contributed by atoms with Crippen molar-refractivity contribution in [2.45, 2.75) is 38.5 Å². The van der Waals surface area contributed by atoms with Crippen LogP contribution in [0.5, 0.6) is 0 Å². The van der Waals surface area contributed by atoms with Crippen molar-refractivity contribution in [3.63, 3.8) is 0 Å². The number of Topliss-reactive ketones (excluding diaryl/α,β-unsaturated/α-hetero) is 1. The van der Waals surface area contributed by atoms with E-state index in [1.54, 1.807) is 12.1 Å². The molecule has 1 saturated carbocycles. The molecule has 2 aromatic rings. The van der Waals surface area contributed by atoms with Gasteiger partial charge >= 0.3 is 10.2 Å². The number of nitrogens with one attached hydrogen (secondary N) is 1. The summed E-state index contributed by atoms with van der Waals surface area (Å²) >= 11 is 0. The Kier molecular flexibility index (Phi) is 4.95. The summed E-state index contributed by atoms with van der Waals surface area (Å²) in [5.74, 6) is 0.510. The fourth-order valence-corrected chi connectivity index (χ4v) is 5.51. The van der Waals surface area contributed by atoms with Gasteiger partial charge in [0.15, 0.2) is 0 Å². The molecule has 7 heteroatoms. The van der Waals surface area contributed by atoms with Gasteiger partial charge in [0.2, 0.25) is 0 Å². The Morgan fingerprint density at radius 2 is 1.87 bits per heavy atom. The molecule has 1 N–H and O–H groups in total. The van der Waals surface area contributed by atoms with Crippen LogP contribution in [-0.4, -0.2) is 36.6 Å². The molecule has 0 atom stereocenters. The van der Waals surface area contributed by atoms with E-state index in [9.17, 15) is 13.2 Å². The van der Waals surface area contributed by atoms with Crippen molar-refractivity contribution in [1.29, 1.82) is 0 Å². The van der Waals surface area contributed by atoms with Crippen LogP contribution >= 0.6 is 0 Å². The van der Waals surface area contributed by atoms with Gasteiger partial charge in [-0.15, -0.1) is 0 Å². The first-order chi connectivity index (χ1) is 14.5. The van der Waals surface area contributed by atoms with Gasteiger partial charge < -0.3 is 0 Å². The number of carbonyl (C=O) groups excluding carboxylic acids is 1. The predicted molar refractivity (Wildman–Crippen MR) is 117 cm³/mol. The van der Waals surface area contributed by atoms with E-state index < -0.39 is 10.2 Å². The molecule has 3 aliphatic rings. The molecule has 6 nitrogen and oxygen atoms in total. The molecule has 1 aromatic heterocycles. The minimum Gasteiger partial charge on any atom is -0.299 e. The summed E-state index contributed by atoms with van der Waals surface area (Å²) in [5, 5.41) is 0. The highest BCUT2D eigenvalue weighted by atomic mass is 32.2. The highest BCUT2D eigenvalue weighted by Crippen LogP contribution is 2.34. The SMILES string of the molecule is O=C(Cc1cc(-c2ccc(NS(=O)(=O)N3CCCC3)cc2)c2c(n1)CC=C2)C1CC1. The van der Waals surface area contributed by atoms with Crippen molar-refractivity contribution in [1.82, 2.24) is 9.29 Å². The third-order valence-corrected chi connectivity index (χ3v) is 7.56. The Balaban J connectivity index is 1.40. The number of rotatable bonds is 7. The fraction of sp³-hybridized carbons (Fsp3) is 0.391. The Morgan fingerprint density at radius 1 is 1.13 bits per heavy atom. The number of carbonyl (C=O) groups is 1. The lowest BCUT2D eigenvalue weighted by Crippen LogP contribution is -2.33. The first-order valence-corrected chi connectivity index (χ1v) is 12.0. The third-order valence-electron chi connectivity index (χ3n) is 6.02. The Morgan fingerprint density at radius 3 is 2.57 bits per heavy atom. The summed E-state index contributed by atoms with van der Waals surface area (Å²) in [4.78, 5) is 17.0. The highest BCUT2D eigenvalue weighted by molar-refractivity contribution is 7.90. The summed E-state index contributed by atoms with van der Waals surface area (Å²) in [7, 11) is -3.50. The van der Waals surface area contributed by atoms with Gasteiger partial charge in [-0.2, -0.15) is 12.7 Å². The monoisotopic (exact) mass is 423 g/mol. The molecule has 0 amide bonds. The van der Waals surface area contributed by atoms with Gasteiger partial charge in [0, 0.05) is 48.8 Å². The number of pyridine rings is 1. The van der Waals surface area contributed by atoms with Crippen molar-refractivity contribution in [3.05, 3.63) is 53.4 Å². The van der Waals surface area contributed by atoms with Crippen molar-refractivity contribution in [3.8, 4) is 11.1 Å². The molecule has 2 aliphatic carbocycles. The van der Waals surface area contributed by atoms with Crippen LogP contribution in [0, 0.1) is 5.92 Å². The number of fused-ring (bicyclic) bond motifs is 1. The summed E-state index contributed by atoms with van der Waals surface area (Å²) in [6.45, 7) is 1.15. The minimum atomic E-state index is -3.50. The lowest BCUT2D eigenvalue weighted by molar-refractivity contribution is -0.119. The van der Waals surface area contributed by atoms with Crippen molar-refractivity contribution >= 4 is 27.8 Å². The van der Waals surface area contributed by atoms with Crippen LogP contribution in [-0.2, 0) is 27.8 Å². The maximum Gasteiger partial charge on any atom is 0.301 e. The standard InChI is InChI=1S/C23H25N3O3S/c27-23(17-6-7-17)15-19-14-21(20-4-3-5-22(20)24-19)16-8-10-18(11-9-16)25-30(28,29)26-12-1-2-13-26/h3-4,8-11,14,17,25H,1-2,5-7,12-13,15H2. The summed E-state index contributed by atoms with van der Waals surface area (Å²) < 4.78 is 29.1. The Bertz CT molecular complexity index is 1110. The topological polar surface area (TPSA) is 79.4 Å². The van der Waals surface area contributed by atoms with Crippen LogP contribution in [0.25, 0.3) is 17.2 Å². The number of benzene rings is 1. The maximum atomic E-state index is 12.5. The third kappa shape index (κ3) is 3.91. The van der Waals surface area contributed by atoms with Crippen molar-refractivity contribution in [2.75, 3.05) is 17.8 Å². The molecule has 1 saturated heterocycles. The van der Waals surface area contributed by atoms with E-state index in [-0.39, 0.29) is 11.7 Å². The van der Waals surface area contributed by atoms with Crippen molar-refractivity contribution in [2.24, 2.45) is 5.92 Å². The molecule has 156 valence electrons. The average Bonchev–Trinajstić information content (AvgIpc) is 3.22. The first-order valence-electron chi connectivity index (χ1n) is 10.6.